The highest BCUT2D eigenvalue weighted by atomic mass is 16.5. The summed E-state index contributed by atoms with van der Waals surface area (Å²) in [6.07, 6.45) is 1.46. The van der Waals surface area contributed by atoms with Crippen molar-refractivity contribution in [1.82, 2.24) is 25.5 Å². The van der Waals surface area contributed by atoms with Crippen molar-refractivity contribution in [2.45, 2.75) is 19.9 Å². The fourth-order valence-corrected chi connectivity index (χ4v) is 2.68. The zero-order chi connectivity index (χ0) is 17.8. The molecule has 1 amide bonds. The highest BCUT2D eigenvalue weighted by Crippen LogP contribution is 2.26. The van der Waals surface area contributed by atoms with Crippen molar-refractivity contribution < 1.29 is 9.53 Å². The Labute approximate surface area is 145 Å². The molecule has 3 rings (SSSR count). The van der Waals surface area contributed by atoms with E-state index in [1.54, 1.807) is 25.3 Å². The van der Waals surface area contributed by atoms with Crippen LogP contribution in [0.2, 0.25) is 0 Å². The number of hydrogen-bond acceptors (Lipinski definition) is 5. The summed E-state index contributed by atoms with van der Waals surface area (Å²) in [5.41, 5.74) is 3.14. The second-order valence-corrected chi connectivity index (χ2v) is 5.71. The Balaban J connectivity index is 1.87. The van der Waals surface area contributed by atoms with Gasteiger partial charge in [-0.1, -0.05) is 29.8 Å². The van der Waals surface area contributed by atoms with Crippen LogP contribution in [-0.2, 0) is 0 Å². The number of benzene rings is 2. The van der Waals surface area contributed by atoms with Crippen molar-refractivity contribution in [3.05, 3.63) is 65.5 Å². The van der Waals surface area contributed by atoms with Gasteiger partial charge >= 0.3 is 0 Å². The van der Waals surface area contributed by atoms with E-state index in [1.807, 2.05) is 38.1 Å². The summed E-state index contributed by atoms with van der Waals surface area (Å²) in [5.74, 6) is 0.536. The predicted octanol–water partition coefficient (Wildman–Crippen LogP) is 2.47. The van der Waals surface area contributed by atoms with E-state index < -0.39 is 0 Å². The summed E-state index contributed by atoms with van der Waals surface area (Å²) in [4.78, 5) is 12.8. The molecule has 7 heteroatoms. The van der Waals surface area contributed by atoms with Crippen LogP contribution in [0.4, 0.5) is 0 Å². The number of nitrogens with zero attached hydrogens (tertiary/aromatic N) is 4. The molecule has 0 radical (unpaired) electrons. The van der Waals surface area contributed by atoms with E-state index in [9.17, 15) is 4.79 Å². The quantitative estimate of drug-likeness (QED) is 0.773. The van der Waals surface area contributed by atoms with Gasteiger partial charge in [0.1, 0.15) is 12.1 Å². The lowest BCUT2D eigenvalue weighted by Gasteiger charge is -2.19. The molecule has 25 heavy (non-hydrogen) atoms. The summed E-state index contributed by atoms with van der Waals surface area (Å²) in [5, 5.41) is 14.1. The fraction of sp³-hybridized carbons (Fsp3) is 0.222. The molecule has 0 bridgehead atoms. The first-order valence-corrected chi connectivity index (χ1v) is 7.88. The molecule has 0 aliphatic heterocycles. The van der Waals surface area contributed by atoms with Crippen molar-refractivity contribution in [2.75, 3.05) is 7.11 Å². The smallest absolute Gasteiger partial charge is 0.253 e. The molecule has 0 unspecified atom stereocenters. The van der Waals surface area contributed by atoms with Gasteiger partial charge < -0.3 is 10.1 Å². The highest BCUT2D eigenvalue weighted by Gasteiger charge is 2.18. The number of carbonyl (C=O) groups excluding carboxylic acids is 1. The van der Waals surface area contributed by atoms with Crippen LogP contribution >= 0.6 is 0 Å². The van der Waals surface area contributed by atoms with Crippen molar-refractivity contribution >= 4 is 5.91 Å². The summed E-state index contributed by atoms with van der Waals surface area (Å²) >= 11 is 0. The van der Waals surface area contributed by atoms with Crippen LogP contribution in [-0.4, -0.2) is 33.2 Å². The van der Waals surface area contributed by atoms with Gasteiger partial charge in [-0.15, -0.1) is 5.10 Å². The second-order valence-electron chi connectivity index (χ2n) is 5.71. The summed E-state index contributed by atoms with van der Waals surface area (Å²) in [6, 6.07) is 12.9. The summed E-state index contributed by atoms with van der Waals surface area (Å²) in [6.45, 7) is 3.93. The van der Waals surface area contributed by atoms with Crippen LogP contribution in [0.1, 0.15) is 34.5 Å². The van der Waals surface area contributed by atoms with Gasteiger partial charge in [-0.2, -0.15) is 4.68 Å². The molecular formula is C18H19N5O2. The molecule has 3 aromatic rings. The fourth-order valence-electron chi connectivity index (χ4n) is 2.68. The number of carbonyl (C=O) groups is 1. The second kappa shape index (κ2) is 7.12. The first-order chi connectivity index (χ1) is 12.1. The number of aromatic nitrogens is 4. The molecule has 1 atom stereocenters. The summed E-state index contributed by atoms with van der Waals surface area (Å²) in [7, 11) is 1.62. The third-order valence-electron chi connectivity index (χ3n) is 3.94. The number of tetrazole rings is 1. The average Bonchev–Trinajstić information content (AvgIpc) is 3.16. The molecule has 0 aliphatic carbocycles. The number of ether oxygens (including phenoxy) is 1. The van der Waals surface area contributed by atoms with Gasteiger partial charge in [0.25, 0.3) is 5.91 Å². The SMILES string of the molecule is COc1ccc(C)cc1[C@H](C)NC(=O)c1ccccc1-n1cnnn1. The molecule has 128 valence electrons. The minimum absolute atomic E-state index is 0.206. The number of nitrogens with one attached hydrogen (secondary N) is 1. The van der Waals surface area contributed by atoms with Gasteiger partial charge in [-0.05, 0) is 42.5 Å². The van der Waals surface area contributed by atoms with E-state index in [2.05, 4.69) is 20.8 Å². The van der Waals surface area contributed by atoms with E-state index in [1.165, 1.54) is 11.0 Å². The standard InChI is InChI=1S/C18H19N5O2/c1-12-8-9-17(25-3)15(10-12)13(2)20-18(24)14-6-4-5-7-16(14)23-11-19-21-22-23/h4-11,13H,1-3H3,(H,20,24)/t13-/m0/s1. The minimum Gasteiger partial charge on any atom is -0.496 e. The van der Waals surface area contributed by atoms with Crippen molar-refractivity contribution in [1.29, 1.82) is 0 Å². The Hall–Kier alpha value is -3.22. The maximum absolute atomic E-state index is 12.8. The van der Waals surface area contributed by atoms with Gasteiger partial charge in [0, 0.05) is 5.56 Å². The van der Waals surface area contributed by atoms with Gasteiger partial charge in [0.15, 0.2) is 0 Å². The Morgan fingerprint density at radius 1 is 1.24 bits per heavy atom. The van der Waals surface area contributed by atoms with E-state index >= 15 is 0 Å². The number of para-hydroxylation sites is 1. The molecule has 0 saturated carbocycles. The zero-order valence-corrected chi connectivity index (χ0v) is 14.3. The van der Waals surface area contributed by atoms with Gasteiger partial charge in [-0.25, -0.2) is 0 Å². The first kappa shape index (κ1) is 16.6. The summed E-state index contributed by atoms with van der Waals surface area (Å²) < 4.78 is 6.87. The monoisotopic (exact) mass is 337 g/mol. The molecular weight excluding hydrogens is 318 g/mol. The zero-order valence-electron chi connectivity index (χ0n) is 14.3. The molecule has 2 aromatic carbocycles. The van der Waals surface area contributed by atoms with Crippen molar-refractivity contribution in [3.63, 3.8) is 0 Å². The molecule has 0 fully saturated rings. The lowest BCUT2D eigenvalue weighted by atomic mass is 10.0. The molecule has 0 aliphatic rings. The molecule has 1 aromatic heterocycles. The van der Waals surface area contributed by atoms with Gasteiger partial charge in [-0.3, -0.25) is 4.79 Å². The van der Waals surface area contributed by atoms with Crippen molar-refractivity contribution in [3.8, 4) is 11.4 Å². The number of amides is 1. The Bertz CT molecular complexity index is 877. The van der Waals surface area contributed by atoms with E-state index in [0.717, 1.165) is 16.9 Å². The normalized spacial score (nSPS) is 11.8. The maximum Gasteiger partial charge on any atom is 0.253 e. The number of hydrogen-bond donors (Lipinski definition) is 1. The van der Waals surface area contributed by atoms with Crippen LogP contribution in [0.15, 0.2) is 48.8 Å². The van der Waals surface area contributed by atoms with Crippen LogP contribution in [0.5, 0.6) is 5.75 Å². The van der Waals surface area contributed by atoms with Gasteiger partial charge in [0.2, 0.25) is 0 Å². The number of aryl methyl sites for hydroxylation is 1. The van der Waals surface area contributed by atoms with E-state index in [0.29, 0.717) is 11.3 Å². The molecule has 0 saturated heterocycles. The molecule has 1 heterocycles. The minimum atomic E-state index is -0.218. The van der Waals surface area contributed by atoms with Crippen LogP contribution in [0.25, 0.3) is 5.69 Å². The predicted molar refractivity (Wildman–Crippen MR) is 92.8 cm³/mol. The Morgan fingerprint density at radius 3 is 2.76 bits per heavy atom. The van der Waals surface area contributed by atoms with Gasteiger partial charge in [0.05, 0.1) is 24.4 Å². The van der Waals surface area contributed by atoms with Crippen LogP contribution < -0.4 is 10.1 Å². The molecule has 1 N–H and O–H groups in total. The number of methoxy groups -OCH3 is 1. The Kier molecular flexibility index (Phi) is 4.74. The third-order valence-corrected chi connectivity index (χ3v) is 3.94. The third kappa shape index (κ3) is 3.50. The number of rotatable bonds is 5. The van der Waals surface area contributed by atoms with Crippen molar-refractivity contribution in [2.24, 2.45) is 0 Å². The average molecular weight is 337 g/mol. The van der Waals surface area contributed by atoms with Crippen LogP contribution in [0.3, 0.4) is 0 Å². The lowest BCUT2D eigenvalue weighted by Crippen LogP contribution is -2.28. The Morgan fingerprint density at radius 2 is 2.04 bits per heavy atom. The van der Waals surface area contributed by atoms with E-state index in [4.69, 9.17) is 4.74 Å². The lowest BCUT2D eigenvalue weighted by molar-refractivity contribution is 0.0939. The molecule has 7 nitrogen and oxygen atoms in total. The van der Waals surface area contributed by atoms with E-state index in [-0.39, 0.29) is 11.9 Å². The largest absolute Gasteiger partial charge is 0.496 e. The topological polar surface area (TPSA) is 81.9 Å². The molecule has 0 spiro atoms. The maximum atomic E-state index is 12.8. The van der Waals surface area contributed by atoms with Crippen LogP contribution in [0, 0.1) is 6.92 Å². The first-order valence-electron chi connectivity index (χ1n) is 7.88. The highest BCUT2D eigenvalue weighted by molar-refractivity contribution is 5.98.